The Balaban J connectivity index is 1.76. The van der Waals surface area contributed by atoms with Crippen LogP contribution >= 0.6 is 0 Å². The van der Waals surface area contributed by atoms with Gasteiger partial charge in [-0.05, 0) is 49.7 Å². The third kappa shape index (κ3) is 4.33. The number of carbonyl (C=O) groups excluding carboxylic acids is 1. The SMILES string of the molecule is CN1CCC(=C(F)c2cccc(CC(=O)c3ccc(F)cn3)n2)CC1. The molecule has 0 spiro atoms. The molecule has 0 atom stereocenters. The molecule has 1 saturated heterocycles. The molecule has 0 bridgehead atoms. The van der Waals surface area contributed by atoms with Gasteiger partial charge >= 0.3 is 0 Å². The third-order valence-corrected chi connectivity index (χ3v) is 4.29. The Morgan fingerprint density at radius 3 is 2.60 bits per heavy atom. The van der Waals surface area contributed by atoms with Crippen LogP contribution in [-0.4, -0.2) is 40.8 Å². The number of nitrogens with zero attached hydrogens (tertiary/aromatic N) is 3. The van der Waals surface area contributed by atoms with Crippen LogP contribution in [0.15, 0.2) is 42.1 Å². The molecule has 3 heterocycles. The molecular weight excluding hydrogens is 324 g/mol. The number of hydrogen-bond acceptors (Lipinski definition) is 4. The topological polar surface area (TPSA) is 46.1 Å². The summed E-state index contributed by atoms with van der Waals surface area (Å²) in [4.78, 5) is 22.4. The van der Waals surface area contributed by atoms with Crippen molar-refractivity contribution in [2.24, 2.45) is 0 Å². The van der Waals surface area contributed by atoms with Gasteiger partial charge < -0.3 is 4.90 Å². The van der Waals surface area contributed by atoms with Crippen molar-refractivity contribution in [3.63, 3.8) is 0 Å². The van der Waals surface area contributed by atoms with E-state index in [4.69, 9.17) is 0 Å². The zero-order valence-electron chi connectivity index (χ0n) is 14.0. The van der Waals surface area contributed by atoms with Crippen molar-refractivity contribution < 1.29 is 13.6 Å². The number of likely N-dealkylation sites (tertiary alicyclic amines) is 1. The van der Waals surface area contributed by atoms with E-state index in [1.165, 1.54) is 12.1 Å². The number of halogens is 2. The fourth-order valence-electron chi connectivity index (χ4n) is 2.79. The molecule has 1 aliphatic rings. The van der Waals surface area contributed by atoms with Crippen LogP contribution < -0.4 is 0 Å². The lowest BCUT2D eigenvalue weighted by molar-refractivity contribution is 0.0987. The number of rotatable bonds is 4. The van der Waals surface area contributed by atoms with E-state index in [9.17, 15) is 13.6 Å². The van der Waals surface area contributed by atoms with E-state index in [-0.39, 0.29) is 29.4 Å². The zero-order valence-corrected chi connectivity index (χ0v) is 14.0. The lowest BCUT2D eigenvalue weighted by Gasteiger charge is -2.24. The first-order valence-electron chi connectivity index (χ1n) is 8.20. The molecule has 0 N–H and O–H groups in total. The Kier molecular flexibility index (Phi) is 5.28. The second kappa shape index (κ2) is 7.61. The minimum absolute atomic E-state index is 0.00216. The van der Waals surface area contributed by atoms with Gasteiger partial charge in [0.15, 0.2) is 5.78 Å². The Morgan fingerprint density at radius 1 is 1.16 bits per heavy atom. The van der Waals surface area contributed by atoms with Crippen molar-refractivity contribution in [1.29, 1.82) is 0 Å². The van der Waals surface area contributed by atoms with Crippen molar-refractivity contribution in [2.45, 2.75) is 19.3 Å². The van der Waals surface area contributed by atoms with E-state index in [1.54, 1.807) is 18.2 Å². The molecule has 2 aromatic heterocycles. The Hall–Kier alpha value is -2.47. The molecule has 0 aliphatic carbocycles. The number of aromatic nitrogens is 2. The molecule has 0 aromatic carbocycles. The monoisotopic (exact) mass is 343 g/mol. The first kappa shape index (κ1) is 17.4. The van der Waals surface area contributed by atoms with E-state index in [0.29, 0.717) is 18.5 Å². The van der Waals surface area contributed by atoms with Crippen molar-refractivity contribution >= 4 is 11.6 Å². The van der Waals surface area contributed by atoms with Gasteiger partial charge in [0.1, 0.15) is 17.3 Å². The number of ketones is 1. The first-order chi connectivity index (χ1) is 12.0. The molecule has 6 heteroatoms. The highest BCUT2D eigenvalue weighted by Gasteiger charge is 2.17. The molecule has 1 fully saturated rings. The molecule has 2 aromatic rings. The molecule has 0 saturated carbocycles. The molecule has 25 heavy (non-hydrogen) atoms. The van der Waals surface area contributed by atoms with Gasteiger partial charge in [-0.25, -0.2) is 13.8 Å². The van der Waals surface area contributed by atoms with Gasteiger partial charge in [0.25, 0.3) is 0 Å². The maximum Gasteiger partial charge on any atom is 0.187 e. The van der Waals surface area contributed by atoms with Gasteiger partial charge in [0.05, 0.1) is 18.3 Å². The van der Waals surface area contributed by atoms with Crippen molar-refractivity contribution in [3.8, 4) is 0 Å². The van der Waals surface area contributed by atoms with E-state index < -0.39 is 5.82 Å². The summed E-state index contributed by atoms with van der Waals surface area (Å²) in [7, 11) is 2.02. The van der Waals surface area contributed by atoms with Crippen LogP contribution in [0.3, 0.4) is 0 Å². The lowest BCUT2D eigenvalue weighted by Crippen LogP contribution is -2.26. The normalized spacial score (nSPS) is 15.2. The van der Waals surface area contributed by atoms with E-state index >= 15 is 0 Å². The summed E-state index contributed by atoms with van der Waals surface area (Å²) in [6, 6.07) is 7.51. The minimum atomic E-state index is -0.497. The molecule has 0 amide bonds. The summed E-state index contributed by atoms with van der Waals surface area (Å²) in [5.41, 5.74) is 1.67. The van der Waals surface area contributed by atoms with Crippen molar-refractivity contribution in [2.75, 3.05) is 20.1 Å². The molecule has 0 unspecified atom stereocenters. The number of Topliss-reactive ketones (excluding diaryl/α,β-unsaturated/α-hetero) is 1. The van der Waals surface area contributed by atoms with Crippen LogP contribution in [0.4, 0.5) is 8.78 Å². The molecule has 1 aliphatic heterocycles. The third-order valence-electron chi connectivity index (χ3n) is 4.29. The Morgan fingerprint density at radius 2 is 1.92 bits per heavy atom. The zero-order chi connectivity index (χ0) is 17.8. The number of piperidine rings is 1. The van der Waals surface area contributed by atoms with Gasteiger partial charge in [-0.3, -0.25) is 9.78 Å². The van der Waals surface area contributed by atoms with Crippen molar-refractivity contribution in [1.82, 2.24) is 14.9 Å². The standard InChI is InChI=1S/C19H19F2N3O/c1-24-9-7-13(8-10-24)19(21)17-4-2-3-15(23-17)11-18(25)16-6-5-14(20)12-22-16/h2-6,12H,7-11H2,1H3. The number of carbonyl (C=O) groups is 1. The highest BCUT2D eigenvalue weighted by molar-refractivity contribution is 5.95. The van der Waals surface area contributed by atoms with E-state index in [0.717, 1.165) is 24.9 Å². The summed E-state index contributed by atoms with van der Waals surface area (Å²) in [6.07, 6.45) is 2.37. The molecule has 0 radical (unpaired) electrons. The quantitative estimate of drug-likeness (QED) is 0.798. The van der Waals surface area contributed by atoms with Gasteiger partial charge in [-0.15, -0.1) is 0 Å². The predicted octanol–water partition coefficient (Wildman–Crippen LogP) is 3.45. The highest BCUT2D eigenvalue weighted by Crippen LogP contribution is 2.26. The molecule has 4 nitrogen and oxygen atoms in total. The molecular formula is C19H19F2N3O. The van der Waals surface area contributed by atoms with Crippen LogP contribution in [0, 0.1) is 5.82 Å². The number of pyridine rings is 2. The second-order valence-electron chi connectivity index (χ2n) is 6.20. The summed E-state index contributed by atoms with van der Waals surface area (Å²) in [5, 5.41) is 0. The summed E-state index contributed by atoms with van der Waals surface area (Å²) in [5.74, 6) is -1.07. The molecule has 3 rings (SSSR count). The van der Waals surface area contributed by atoms with Crippen LogP contribution in [0.2, 0.25) is 0 Å². The fourth-order valence-corrected chi connectivity index (χ4v) is 2.79. The number of hydrogen-bond donors (Lipinski definition) is 0. The maximum absolute atomic E-state index is 14.7. The van der Waals surface area contributed by atoms with Gasteiger partial charge in [0, 0.05) is 18.8 Å². The summed E-state index contributed by atoms with van der Waals surface area (Å²) in [6.45, 7) is 1.66. The largest absolute Gasteiger partial charge is 0.306 e. The van der Waals surface area contributed by atoms with Crippen LogP contribution in [0.25, 0.3) is 5.83 Å². The summed E-state index contributed by atoms with van der Waals surface area (Å²) < 4.78 is 27.6. The van der Waals surface area contributed by atoms with Gasteiger partial charge in [0.2, 0.25) is 0 Å². The van der Waals surface area contributed by atoms with E-state index in [1.807, 2.05) is 7.05 Å². The Bertz CT molecular complexity index is 793. The predicted molar refractivity (Wildman–Crippen MR) is 91.2 cm³/mol. The average molecular weight is 343 g/mol. The first-order valence-corrected chi connectivity index (χ1v) is 8.20. The minimum Gasteiger partial charge on any atom is -0.306 e. The lowest BCUT2D eigenvalue weighted by atomic mass is 10.0. The second-order valence-corrected chi connectivity index (χ2v) is 6.20. The highest BCUT2D eigenvalue weighted by atomic mass is 19.1. The van der Waals surface area contributed by atoms with Crippen LogP contribution in [0.1, 0.15) is 34.7 Å². The van der Waals surface area contributed by atoms with Crippen molar-refractivity contribution in [3.05, 3.63) is 65.0 Å². The van der Waals surface area contributed by atoms with Gasteiger partial charge in [-0.1, -0.05) is 6.07 Å². The van der Waals surface area contributed by atoms with Crippen LogP contribution in [0.5, 0.6) is 0 Å². The Labute approximate surface area is 145 Å². The van der Waals surface area contributed by atoms with Gasteiger partial charge in [-0.2, -0.15) is 0 Å². The summed E-state index contributed by atoms with van der Waals surface area (Å²) >= 11 is 0. The van der Waals surface area contributed by atoms with Crippen LogP contribution in [-0.2, 0) is 6.42 Å². The maximum atomic E-state index is 14.7. The smallest absolute Gasteiger partial charge is 0.187 e. The average Bonchev–Trinajstić information content (AvgIpc) is 2.62. The fraction of sp³-hybridized carbons (Fsp3) is 0.316. The van der Waals surface area contributed by atoms with E-state index in [2.05, 4.69) is 14.9 Å². The molecule has 130 valence electrons.